The minimum atomic E-state index is -1.03. The fraction of sp³-hybridized carbons (Fsp3) is 0.111. The van der Waals surface area contributed by atoms with Crippen molar-refractivity contribution in [1.82, 2.24) is 10.2 Å². The van der Waals surface area contributed by atoms with Gasteiger partial charge in [-0.2, -0.15) is 5.10 Å². The van der Waals surface area contributed by atoms with Crippen molar-refractivity contribution in [3.05, 3.63) is 58.8 Å². The van der Waals surface area contributed by atoms with E-state index >= 15 is 0 Å². The first-order valence-electron chi connectivity index (χ1n) is 7.13. The van der Waals surface area contributed by atoms with Crippen LogP contribution in [0.2, 0.25) is 0 Å². The summed E-state index contributed by atoms with van der Waals surface area (Å²) in [6.07, 6.45) is 3.78. The summed E-state index contributed by atoms with van der Waals surface area (Å²) in [5, 5.41) is 17.1. The van der Waals surface area contributed by atoms with E-state index in [1.165, 1.54) is 18.7 Å². The van der Waals surface area contributed by atoms with Gasteiger partial charge in [0.1, 0.15) is 11.3 Å². The first-order chi connectivity index (χ1) is 11.1. The van der Waals surface area contributed by atoms with E-state index in [4.69, 9.17) is 4.74 Å². The molecule has 116 valence electrons. The zero-order valence-corrected chi connectivity index (χ0v) is 12.8. The smallest absolute Gasteiger partial charge is 0.339 e. The maximum atomic E-state index is 11.3. The Bertz CT molecular complexity index is 893. The van der Waals surface area contributed by atoms with Gasteiger partial charge in [0.05, 0.1) is 23.7 Å². The molecule has 2 N–H and O–H groups in total. The molecule has 1 heterocycles. The SMILES string of the molecule is COc1c(C(=O)O)ccc2[nH]nc(C=Cc3ccc(C)cc3)c12. The number of nitrogens with zero attached hydrogens (tertiary/aromatic N) is 1. The van der Waals surface area contributed by atoms with Crippen LogP contribution < -0.4 is 4.74 Å². The molecule has 0 aliphatic carbocycles. The van der Waals surface area contributed by atoms with Gasteiger partial charge in [-0.15, -0.1) is 0 Å². The normalized spacial score (nSPS) is 11.2. The second-order valence-corrected chi connectivity index (χ2v) is 5.23. The van der Waals surface area contributed by atoms with Crippen LogP contribution in [-0.2, 0) is 0 Å². The molecule has 3 aromatic rings. The highest BCUT2D eigenvalue weighted by Gasteiger charge is 2.17. The van der Waals surface area contributed by atoms with Crippen molar-refractivity contribution in [1.29, 1.82) is 0 Å². The minimum Gasteiger partial charge on any atom is -0.495 e. The quantitative estimate of drug-likeness (QED) is 0.769. The number of H-pyrrole nitrogens is 1. The van der Waals surface area contributed by atoms with Gasteiger partial charge in [0, 0.05) is 0 Å². The Hall–Kier alpha value is -3.08. The first-order valence-corrected chi connectivity index (χ1v) is 7.13. The summed E-state index contributed by atoms with van der Waals surface area (Å²) in [5.41, 5.74) is 3.72. The van der Waals surface area contributed by atoms with E-state index in [1.807, 2.05) is 43.3 Å². The number of rotatable bonds is 4. The number of ether oxygens (including phenoxy) is 1. The fourth-order valence-electron chi connectivity index (χ4n) is 2.46. The molecule has 5 nitrogen and oxygen atoms in total. The standard InChI is InChI=1S/C18H16N2O3/c1-11-3-5-12(6-4-11)7-9-14-16-15(20-19-14)10-8-13(18(21)22)17(16)23-2/h3-10H,1-2H3,(H,19,20)(H,21,22). The summed E-state index contributed by atoms with van der Waals surface area (Å²) >= 11 is 0. The zero-order valence-electron chi connectivity index (χ0n) is 12.8. The molecule has 0 radical (unpaired) electrons. The predicted molar refractivity (Wildman–Crippen MR) is 89.7 cm³/mol. The first kappa shape index (κ1) is 14.8. The Morgan fingerprint density at radius 3 is 2.57 bits per heavy atom. The van der Waals surface area contributed by atoms with Gasteiger partial charge in [-0.3, -0.25) is 5.10 Å². The van der Waals surface area contributed by atoms with Crippen LogP contribution >= 0.6 is 0 Å². The largest absolute Gasteiger partial charge is 0.495 e. The van der Waals surface area contributed by atoms with Gasteiger partial charge in [0.15, 0.2) is 0 Å². The van der Waals surface area contributed by atoms with E-state index in [0.29, 0.717) is 16.8 Å². The molecule has 0 aliphatic rings. The lowest BCUT2D eigenvalue weighted by Gasteiger charge is -2.06. The third-order valence-electron chi connectivity index (χ3n) is 3.66. The van der Waals surface area contributed by atoms with E-state index in [2.05, 4.69) is 10.2 Å². The molecular weight excluding hydrogens is 292 g/mol. The zero-order chi connectivity index (χ0) is 16.4. The van der Waals surface area contributed by atoms with E-state index in [-0.39, 0.29) is 5.56 Å². The number of hydrogen-bond acceptors (Lipinski definition) is 3. The summed E-state index contributed by atoms with van der Waals surface area (Å²) < 4.78 is 5.31. The molecule has 0 unspecified atom stereocenters. The average molecular weight is 308 g/mol. The van der Waals surface area contributed by atoms with E-state index in [1.54, 1.807) is 6.07 Å². The maximum Gasteiger partial charge on any atom is 0.339 e. The minimum absolute atomic E-state index is 0.117. The van der Waals surface area contributed by atoms with Crippen molar-refractivity contribution in [3.8, 4) is 5.75 Å². The Morgan fingerprint density at radius 1 is 1.17 bits per heavy atom. The number of benzene rings is 2. The van der Waals surface area contributed by atoms with Crippen LogP contribution in [0.5, 0.6) is 5.75 Å². The molecule has 0 aliphatic heterocycles. The van der Waals surface area contributed by atoms with Crippen LogP contribution in [0.1, 0.15) is 27.2 Å². The van der Waals surface area contributed by atoms with Crippen LogP contribution in [0.15, 0.2) is 36.4 Å². The van der Waals surface area contributed by atoms with E-state index in [9.17, 15) is 9.90 Å². The molecule has 5 heteroatoms. The lowest BCUT2D eigenvalue weighted by Crippen LogP contribution is -2.00. The molecule has 0 fully saturated rings. The number of carboxylic acid groups (broad SMARTS) is 1. The summed E-state index contributed by atoms with van der Waals surface area (Å²) in [5.74, 6) is -0.717. The predicted octanol–water partition coefficient (Wildman–Crippen LogP) is 3.75. The fourth-order valence-corrected chi connectivity index (χ4v) is 2.46. The number of aromatic amines is 1. The number of carboxylic acids is 1. The van der Waals surface area contributed by atoms with Crippen LogP contribution in [0.3, 0.4) is 0 Å². The van der Waals surface area contributed by atoms with Crippen molar-refractivity contribution in [2.75, 3.05) is 7.11 Å². The third kappa shape index (κ3) is 2.81. The molecule has 0 atom stereocenters. The van der Waals surface area contributed by atoms with Gasteiger partial charge in [0.25, 0.3) is 0 Å². The number of hydrogen-bond donors (Lipinski definition) is 2. The monoisotopic (exact) mass is 308 g/mol. The second-order valence-electron chi connectivity index (χ2n) is 5.23. The highest BCUT2D eigenvalue weighted by atomic mass is 16.5. The Morgan fingerprint density at radius 2 is 1.91 bits per heavy atom. The molecule has 23 heavy (non-hydrogen) atoms. The highest BCUT2D eigenvalue weighted by molar-refractivity contribution is 6.02. The Kier molecular flexibility index (Phi) is 3.85. The average Bonchev–Trinajstić information content (AvgIpc) is 2.96. The molecule has 3 rings (SSSR count). The topological polar surface area (TPSA) is 75.2 Å². The van der Waals surface area contributed by atoms with Crippen molar-refractivity contribution < 1.29 is 14.6 Å². The molecule has 0 spiro atoms. The molecule has 0 amide bonds. The summed E-state index contributed by atoms with van der Waals surface area (Å²) in [7, 11) is 1.46. The molecule has 0 bridgehead atoms. The molecule has 1 aromatic heterocycles. The Labute approximate surface area is 133 Å². The lowest BCUT2D eigenvalue weighted by atomic mass is 10.1. The van der Waals surface area contributed by atoms with Gasteiger partial charge in [0.2, 0.25) is 0 Å². The second kappa shape index (κ2) is 5.96. The summed E-state index contributed by atoms with van der Waals surface area (Å²) in [4.78, 5) is 11.3. The number of methoxy groups -OCH3 is 1. The van der Waals surface area contributed by atoms with Crippen molar-refractivity contribution in [3.63, 3.8) is 0 Å². The molecular formula is C18H16N2O3. The number of nitrogens with one attached hydrogen (secondary N) is 1. The van der Waals surface area contributed by atoms with Crippen LogP contribution in [0.25, 0.3) is 23.1 Å². The third-order valence-corrected chi connectivity index (χ3v) is 3.66. The van der Waals surface area contributed by atoms with Crippen molar-refractivity contribution in [2.45, 2.75) is 6.92 Å². The van der Waals surface area contributed by atoms with Crippen molar-refractivity contribution in [2.24, 2.45) is 0 Å². The molecule has 0 saturated heterocycles. The molecule has 2 aromatic carbocycles. The maximum absolute atomic E-state index is 11.3. The van der Waals surface area contributed by atoms with Gasteiger partial charge in [-0.25, -0.2) is 4.79 Å². The van der Waals surface area contributed by atoms with Gasteiger partial charge >= 0.3 is 5.97 Å². The number of carbonyl (C=O) groups is 1. The van der Waals surface area contributed by atoms with E-state index in [0.717, 1.165) is 11.1 Å². The number of fused-ring (bicyclic) bond motifs is 1. The van der Waals surface area contributed by atoms with Gasteiger partial charge < -0.3 is 9.84 Å². The van der Waals surface area contributed by atoms with Crippen LogP contribution in [-0.4, -0.2) is 28.4 Å². The molecule has 0 saturated carbocycles. The number of aryl methyl sites for hydroxylation is 1. The highest BCUT2D eigenvalue weighted by Crippen LogP contribution is 2.32. The van der Waals surface area contributed by atoms with Crippen LogP contribution in [0.4, 0.5) is 0 Å². The Balaban J connectivity index is 2.09. The van der Waals surface area contributed by atoms with Crippen LogP contribution in [0, 0.1) is 6.92 Å². The number of aromatic carboxylic acids is 1. The van der Waals surface area contributed by atoms with Gasteiger partial charge in [-0.1, -0.05) is 35.9 Å². The summed E-state index contributed by atoms with van der Waals surface area (Å²) in [6, 6.07) is 11.3. The van der Waals surface area contributed by atoms with Crippen molar-refractivity contribution >= 4 is 29.0 Å². The summed E-state index contributed by atoms with van der Waals surface area (Å²) in [6.45, 7) is 2.03. The lowest BCUT2D eigenvalue weighted by molar-refractivity contribution is 0.0693. The van der Waals surface area contributed by atoms with E-state index < -0.39 is 5.97 Å². The number of aromatic nitrogens is 2. The van der Waals surface area contributed by atoms with Gasteiger partial charge in [-0.05, 0) is 30.7 Å².